The van der Waals surface area contributed by atoms with Gasteiger partial charge in [0.15, 0.2) is 0 Å². The van der Waals surface area contributed by atoms with E-state index >= 15 is 0 Å². The molecular weight excluding hydrogens is 294 g/mol. The predicted molar refractivity (Wildman–Crippen MR) is 76.9 cm³/mol. The van der Waals surface area contributed by atoms with Crippen molar-refractivity contribution in [2.75, 3.05) is 6.54 Å². The van der Waals surface area contributed by atoms with E-state index < -0.39 is 16.0 Å². The van der Waals surface area contributed by atoms with Gasteiger partial charge in [-0.25, -0.2) is 17.9 Å². The molecule has 0 saturated heterocycles. The van der Waals surface area contributed by atoms with Crippen LogP contribution in [0, 0.1) is 19.3 Å². The summed E-state index contributed by atoms with van der Waals surface area (Å²) in [6.07, 6.45) is 4.01. The van der Waals surface area contributed by atoms with Crippen molar-refractivity contribution in [3.05, 3.63) is 17.1 Å². The number of carboxylic acid groups (broad SMARTS) is 1. The van der Waals surface area contributed by atoms with Gasteiger partial charge in [-0.15, -0.1) is 0 Å². The summed E-state index contributed by atoms with van der Waals surface area (Å²) < 4.78 is 32.6. The van der Waals surface area contributed by atoms with Crippen LogP contribution in [0.4, 0.5) is 0 Å². The molecule has 6 nitrogen and oxygen atoms in total. The van der Waals surface area contributed by atoms with E-state index in [0.717, 1.165) is 25.7 Å². The highest BCUT2D eigenvalue weighted by atomic mass is 32.2. The number of hydrogen-bond donors (Lipinski definition) is 2. The van der Waals surface area contributed by atoms with E-state index in [9.17, 15) is 18.3 Å². The van der Waals surface area contributed by atoms with E-state index in [1.165, 1.54) is 13.8 Å². The molecule has 0 unspecified atom stereocenters. The molecule has 0 bridgehead atoms. The van der Waals surface area contributed by atoms with Crippen LogP contribution in [0.15, 0.2) is 9.31 Å². The molecule has 1 heterocycles. The molecule has 1 fully saturated rings. The van der Waals surface area contributed by atoms with Crippen LogP contribution in [-0.4, -0.2) is 26.0 Å². The second-order valence-electron chi connectivity index (χ2n) is 5.80. The smallest absolute Gasteiger partial charge is 0.340 e. The van der Waals surface area contributed by atoms with Gasteiger partial charge in [0, 0.05) is 6.54 Å². The number of aromatic carboxylic acids is 1. The van der Waals surface area contributed by atoms with Crippen LogP contribution in [-0.2, 0) is 10.0 Å². The lowest BCUT2D eigenvalue weighted by atomic mass is 10.0. The Morgan fingerprint density at radius 2 is 1.95 bits per heavy atom. The second-order valence-corrected chi connectivity index (χ2v) is 7.50. The lowest BCUT2D eigenvalue weighted by Crippen LogP contribution is -2.31. The summed E-state index contributed by atoms with van der Waals surface area (Å²) in [6, 6.07) is 0. The summed E-state index contributed by atoms with van der Waals surface area (Å²) in [6.45, 7) is 5.34. The number of rotatable bonds is 7. The van der Waals surface area contributed by atoms with Gasteiger partial charge in [-0.05, 0) is 38.5 Å². The molecule has 1 saturated carbocycles. The minimum atomic E-state index is -3.88. The molecule has 0 radical (unpaired) electrons. The number of aryl methyl sites for hydroxylation is 2. The number of nitrogens with one attached hydrogen (secondary N) is 1. The fraction of sp³-hybridized carbons (Fsp3) is 0.643. The summed E-state index contributed by atoms with van der Waals surface area (Å²) >= 11 is 0. The van der Waals surface area contributed by atoms with E-state index in [-0.39, 0.29) is 27.4 Å². The van der Waals surface area contributed by atoms with Crippen LogP contribution in [0.5, 0.6) is 0 Å². The average molecular weight is 315 g/mol. The van der Waals surface area contributed by atoms with Crippen LogP contribution in [0.1, 0.15) is 54.5 Å². The molecule has 1 aliphatic rings. The standard InChI is InChI=1S/C14H21NO5S/c1-4-5-14(6-7-14)8-15-21(18,19)12-10(3)20-9(2)11(12)13(16)17/h15H,4-8H2,1-3H3,(H,16,17). The highest BCUT2D eigenvalue weighted by molar-refractivity contribution is 7.89. The number of furan rings is 1. The van der Waals surface area contributed by atoms with E-state index in [1.54, 1.807) is 0 Å². The maximum atomic E-state index is 12.4. The molecule has 2 rings (SSSR count). The van der Waals surface area contributed by atoms with Gasteiger partial charge in [-0.3, -0.25) is 0 Å². The zero-order valence-corrected chi connectivity index (χ0v) is 13.3. The lowest BCUT2D eigenvalue weighted by Gasteiger charge is -2.15. The third-order valence-electron chi connectivity index (χ3n) is 4.06. The Hall–Kier alpha value is -1.34. The first-order valence-corrected chi connectivity index (χ1v) is 8.54. The largest absolute Gasteiger partial charge is 0.478 e. The molecular formula is C14H21NO5S. The number of sulfonamides is 1. The van der Waals surface area contributed by atoms with E-state index in [0.29, 0.717) is 6.54 Å². The Kier molecular flexibility index (Phi) is 4.17. The summed E-state index contributed by atoms with van der Waals surface area (Å²) in [7, 11) is -3.88. The zero-order chi connectivity index (χ0) is 15.8. The fourth-order valence-corrected chi connectivity index (χ4v) is 4.34. The van der Waals surface area contributed by atoms with Crippen molar-refractivity contribution in [3.63, 3.8) is 0 Å². The molecule has 0 spiro atoms. The highest BCUT2D eigenvalue weighted by Crippen LogP contribution is 2.49. The number of carbonyl (C=O) groups is 1. The number of carboxylic acids is 1. The van der Waals surface area contributed by atoms with Gasteiger partial charge in [0.2, 0.25) is 10.0 Å². The van der Waals surface area contributed by atoms with E-state index in [2.05, 4.69) is 11.6 Å². The fourth-order valence-electron chi connectivity index (χ4n) is 2.78. The van der Waals surface area contributed by atoms with Gasteiger partial charge in [-0.2, -0.15) is 0 Å². The normalized spacial score (nSPS) is 16.9. The molecule has 0 aromatic carbocycles. The Morgan fingerprint density at radius 1 is 1.33 bits per heavy atom. The van der Waals surface area contributed by atoms with Crippen LogP contribution in [0.25, 0.3) is 0 Å². The molecule has 1 aliphatic carbocycles. The van der Waals surface area contributed by atoms with Crippen molar-refractivity contribution in [3.8, 4) is 0 Å². The topological polar surface area (TPSA) is 96.6 Å². The first kappa shape index (κ1) is 16.0. The summed E-state index contributed by atoms with van der Waals surface area (Å²) in [5.74, 6) is -1.08. The van der Waals surface area contributed by atoms with E-state index in [1.807, 2.05) is 0 Å². The molecule has 0 amide bonds. The summed E-state index contributed by atoms with van der Waals surface area (Å²) in [5, 5.41) is 9.20. The van der Waals surface area contributed by atoms with Crippen molar-refractivity contribution in [1.82, 2.24) is 4.72 Å². The van der Waals surface area contributed by atoms with Crippen molar-refractivity contribution in [2.45, 2.75) is 51.3 Å². The SMILES string of the molecule is CCCC1(CNS(=O)(=O)c2c(C)oc(C)c2C(=O)O)CC1. The van der Waals surface area contributed by atoms with Crippen LogP contribution in [0.2, 0.25) is 0 Å². The highest BCUT2D eigenvalue weighted by Gasteiger charge is 2.43. The molecule has 2 N–H and O–H groups in total. The van der Waals surface area contributed by atoms with Crippen LogP contribution >= 0.6 is 0 Å². The first-order chi connectivity index (χ1) is 9.72. The molecule has 21 heavy (non-hydrogen) atoms. The molecule has 7 heteroatoms. The number of hydrogen-bond acceptors (Lipinski definition) is 4. The quantitative estimate of drug-likeness (QED) is 0.805. The lowest BCUT2D eigenvalue weighted by molar-refractivity contribution is 0.0691. The Labute approximate surface area is 124 Å². The third-order valence-corrected chi connectivity index (χ3v) is 5.62. The minimum Gasteiger partial charge on any atom is -0.478 e. The van der Waals surface area contributed by atoms with Crippen LogP contribution < -0.4 is 4.72 Å². The summed E-state index contributed by atoms with van der Waals surface area (Å²) in [5.41, 5.74) is -0.224. The zero-order valence-electron chi connectivity index (χ0n) is 12.5. The van der Waals surface area contributed by atoms with Crippen LogP contribution in [0.3, 0.4) is 0 Å². The van der Waals surface area contributed by atoms with Crippen molar-refractivity contribution in [2.24, 2.45) is 5.41 Å². The monoisotopic (exact) mass is 315 g/mol. The Balaban J connectivity index is 2.26. The Bertz CT molecular complexity index is 655. The molecule has 1 aromatic rings. The maximum Gasteiger partial charge on any atom is 0.340 e. The van der Waals surface area contributed by atoms with E-state index in [4.69, 9.17) is 4.42 Å². The Morgan fingerprint density at radius 3 is 2.43 bits per heavy atom. The van der Waals surface area contributed by atoms with Crippen molar-refractivity contribution < 1.29 is 22.7 Å². The van der Waals surface area contributed by atoms with Gasteiger partial charge < -0.3 is 9.52 Å². The first-order valence-electron chi connectivity index (χ1n) is 7.05. The maximum absolute atomic E-state index is 12.4. The summed E-state index contributed by atoms with van der Waals surface area (Å²) in [4.78, 5) is 11.0. The van der Waals surface area contributed by atoms with Gasteiger partial charge in [-0.1, -0.05) is 13.3 Å². The van der Waals surface area contributed by atoms with Gasteiger partial charge in [0.1, 0.15) is 22.0 Å². The van der Waals surface area contributed by atoms with Crippen molar-refractivity contribution >= 4 is 16.0 Å². The molecule has 118 valence electrons. The third kappa shape index (κ3) is 3.13. The van der Waals surface area contributed by atoms with Gasteiger partial charge in [0.05, 0.1) is 0 Å². The van der Waals surface area contributed by atoms with Crippen molar-refractivity contribution in [1.29, 1.82) is 0 Å². The predicted octanol–water partition coefficient (Wildman–Crippen LogP) is 2.45. The average Bonchev–Trinajstić information content (AvgIpc) is 3.06. The molecule has 1 aromatic heterocycles. The van der Waals surface area contributed by atoms with Gasteiger partial charge >= 0.3 is 5.97 Å². The van der Waals surface area contributed by atoms with Gasteiger partial charge in [0.25, 0.3) is 0 Å². The minimum absolute atomic E-state index is 0.0535. The molecule has 0 aliphatic heterocycles. The second kappa shape index (κ2) is 5.46. The molecule has 0 atom stereocenters.